The fourth-order valence-corrected chi connectivity index (χ4v) is 2.07. The van der Waals surface area contributed by atoms with Crippen LogP contribution < -0.4 is 5.32 Å². The van der Waals surface area contributed by atoms with Crippen molar-refractivity contribution in [3.05, 3.63) is 0 Å². The van der Waals surface area contributed by atoms with E-state index in [-0.39, 0.29) is 18.6 Å². The maximum absolute atomic E-state index is 11.9. The monoisotopic (exact) mass is 271 g/mol. The second-order valence-electron chi connectivity index (χ2n) is 4.92. The van der Waals surface area contributed by atoms with Gasteiger partial charge in [-0.25, -0.2) is 4.79 Å². The minimum absolute atomic E-state index is 0.119. The van der Waals surface area contributed by atoms with Gasteiger partial charge in [0.25, 0.3) is 0 Å². The number of carboxylic acid groups (broad SMARTS) is 1. The number of rotatable bonds is 9. The smallest absolute Gasteiger partial charge is 0.323 e. The molecule has 0 aliphatic heterocycles. The van der Waals surface area contributed by atoms with Gasteiger partial charge in [0.15, 0.2) is 0 Å². The zero-order valence-electron chi connectivity index (χ0n) is 11.9. The first-order chi connectivity index (χ1) is 9.08. The van der Waals surface area contributed by atoms with Crippen LogP contribution in [0.5, 0.6) is 0 Å². The second kappa shape index (κ2) is 7.99. The van der Waals surface area contributed by atoms with Crippen LogP contribution in [0.4, 0.5) is 4.79 Å². The normalized spacial score (nSPS) is 14.5. The Bertz CT molecular complexity index is 306. The lowest BCUT2D eigenvalue weighted by molar-refractivity contribution is -0.137. The Morgan fingerprint density at radius 2 is 1.95 bits per heavy atom. The molecule has 2 amide bonds. The SMILES string of the molecule is CCCN(CC)CCNC(=O)N(CC(=O)O)C1CC1. The zero-order valence-corrected chi connectivity index (χ0v) is 11.9. The molecule has 1 aliphatic rings. The van der Waals surface area contributed by atoms with E-state index in [0.717, 1.165) is 38.9 Å². The van der Waals surface area contributed by atoms with E-state index >= 15 is 0 Å². The fourth-order valence-electron chi connectivity index (χ4n) is 2.07. The molecule has 0 aromatic carbocycles. The van der Waals surface area contributed by atoms with Gasteiger partial charge < -0.3 is 20.2 Å². The number of carbonyl (C=O) groups excluding carboxylic acids is 1. The Morgan fingerprint density at radius 3 is 2.42 bits per heavy atom. The third-order valence-electron chi connectivity index (χ3n) is 3.25. The molecule has 1 fully saturated rings. The van der Waals surface area contributed by atoms with E-state index < -0.39 is 5.97 Å². The minimum atomic E-state index is -0.955. The summed E-state index contributed by atoms with van der Waals surface area (Å²) in [5.74, 6) is -0.955. The Labute approximate surface area is 114 Å². The molecule has 0 unspecified atom stereocenters. The van der Waals surface area contributed by atoms with E-state index in [1.807, 2.05) is 0 Å². The van der Waals surface area contributed by atoms with Crippen LogP contribution in [-0.2, 0) is 4.79 Å². The summed E-state index contributed by atoms with van der Waals surface area (Å²) in [5, 5.41) is 11.6. The lowest BCUT2D eigenvalue weighted by atomic mass is 10.4. The molecule has 0 radical (unpaired) electrons. The Hall–Kier alpha value is -1.30. The highest BCUT2D eigenvalue weighted by Crippen LogP contribution is 2.26. The van der Waals surface area contributed by atoms with Gasteiger partial charge in [-0.1, -0.05) is 13.8 Å². The van der Waals surface area contributed by atoms with Gasteiger partial charge in [0.1, 0.15) is 6.54 Å². The van der Waals surface area contributed by atoms with Crippen LogP contribution in [0.15, 0.2) is 0 Å². The van der Waals surface area contributed by atoms with E-state index in [1.54, 1.807) is 0 Å². The summed E-state index contributed by atoms with van der Waals surface area (Å²) < 4.78 is 0. The number of aliphatic carboxylic acids is 1. The summed E-state index contributed by atoms with van der Waals surface area (Å²) in [6.07, 6.45) is 2.92. The molecular weight excluding hydrogens is 246 g/mol. The van der Waals surface area contributed by atoms with Gasteiger partial charge in [-0.2, -0.15) is 0 Å². The van der Waals surface area contributed by atoms with Crippen LogP contribution >= 0.6 is 0 Å². The molecule has 19 heavy (non-hydrogen) atoms. The average Bonchev–Trinajstić information content (AvgIpc) is 3.18. The van der Waals surface area contributed by atoms with Crippen molar-refractivity contribution in [2.45, 2.75) is 39.2 Å². The van der Waals surface area contributed by atoms with Crippen LogP contribution in [0, 0.1) is 0 Å². The first-order valence-electron chi connectivity index (χ1n) is 7.07. The van der Waals surface area contributed by atoms with Crippen molar-refractivity contribution in [2.24, 2.45) is 0 Å². The van der Waals surface area contributed by atoms with Crippen LogP contribution in [0.3, 0.4) is 0 Å². The number of nitrogens with one attached hydrogen (secondary N) is 1. The summed E-state index contributed by atoms with van der Waals surface area (Å²) >= 11 is 0. The third kappa shape index (κ3) is 5.92. The van der Waals surface area contributed by atoms with Crippen molar-refractivity contribution < 1.29 is 14.7 Å². The number of carbonyl (C=O) groups is 2. The number of carboxylic acids is 1. The lowest BCUT2D eigenvalue weighted by Crippen LogP contribution is -2.46. The van der Waals surface area contributed by atoms with E-state index in [9.17, 15) is 9.59 Å². The molecule has 6 nitrogen and oxygen atoms in total. The summed E-state index contributed by atoms with van der Waals surface area (Å²) in [4.78, 5) is 26.3. The first-order valence-corrected chi connectivity index (χ1v) is 7.07. The van der Waals surface area contributed by atoms with Gasteiger partial charge in [-0.3, -0.25) is 4.79 Å². The molecule has 1 saturated carbocycles. The molecule has 0 bridgehead atoms. The average molecular weight is 271 g/mol. The lowest BCUT2D eigenvalue weighted by Gasteiger charge is -2.23. The van der Waals surface area contributed by atoms with Crippen LogP contribution in [0.1, 0.15) is 33.1 Å². The third-order valence-corrected chi connectivity index (χ3v) is 3.25. The Balaban J connectivity index is 2.29. The largest absolute Gasteiger partial charge is 0.480 e. The molecule has 0 aromatic rings. The van der Waals surface area contributed by atoms with E-state index in [4.69, 9.17) is 5.11 Å². The van der Waals surface area contributed by atoms with Gasteiger partial charge >= 0.3 is 12.0 Å². The second-order valence-corrected chi connectivity index (χ2v) is 4.92. The molecule has 0 heterocycles. The minimum Gasteiger partial charge on any atom is -0.480 e. The van der Waals surface area contributed by atoms with Crippen molar-refractivity contribution in [3.63, 3.8) is 0 Å². The molecule has 0 aromatic heterocycles. The van der Waals surface area contributed by atoms with Crippen LogP contribution in [0.25, 0.3) is 0 Å². The van der Waals surface area contributed by atoms with Crippen LogP contribution in [0.2, 0.25) is 0 Å². The number of likely N-dealkylation sites (N-methyl/N-ethyl adjacent to an activating group) is 1. The molecule has 6 heteroatoms. The molecular formula is C13H25N3O3. The van der Waals surface area contributed by atoms with Crippen molar-refractivity contribution in [1.82, 2.24) is 15.1 Å². The van der Waals surface area contributed by atoms with E-state index in [0.29, 0.717) is 6.54 Å². The van der Waals surface area contributed by atoms with Gasteiger partial charge in [0, 0.05) is 19.1 Å². The predicted octanol–water partition coefficient (Wildman–Crippen LogP) is 0.977. The van der Waals surface area contributed by atoms with Crippen molar-refractivity contribution in [3.8, 4) is 0 Å². The maximum atomic E-state index is 11.9. The summed E-state index contributed by atoms with van der Waals surface area (Å²) in [5.41, 5.74) is 0. The molecule has 0 saturated heterocycles. The van der Waals surface area contributed by atoms with E-state index in [2.05, 4.69) is 24.1 Å². The van der Waals surface area contributed by atoms with Crippen molar-refractivity contribution >= 4 is 12.0 Å². The Kier molecular flexibility index (Phi) is 6.62. The molecule has 0 atom stereocenters. The topological polar surface area (TPSA) is 72.9 Å². The van der Waals surface area contributed by atoms with Crippen molar-refractivity contribution in [1.29, 1.82) is 0 Å². The van der Waals surface area contributed by atoms with Gasteiger partial charge in [-0.05, 0) is 32.4 Å². The number of urea groups is 1. The van der Waals surface area contributed by atoms with Crippen molar-refractivity contribution in [2.75, 3.05) is 32.7 Å². The first kappa shape index (κ1) is 15.8. The van der Waals surface area contributed by atoms with Gasteiger partial charge in [0.2, 0.25) is 0 Å². The number of nitrogens with zero attached hydrogens (tertiary/aromatic N) is 2. The zero-order chi connectivity index (χ0) is 14.3. The van der Waals surface area contributed by atoms with E-state index in [1.165, 1.54) is 4.90 Å². The predicted molar refractivity (Wildman–Crippen MR) is 73.2 cm³/mol. The summed E-state index contributed by atoms with van der Waals surface area (Å²) in [6, 6.07) is -0.133. The van der Waals surface area contributed by atoms with Crippen LogP contribution in [-0.4, -0.2) is 65.7 Å². The molecule has 0 spiro atoms. The number of hydrogen-bond acceptors (Lipinski definition) is 3. The molecule has 110 valence electrons. The highest BCUT2D eigenvalue weighted by Gasteiger charge is 2.33. The maximum Gasteiger partial charge on any atom is 0.323 e. The highest BCUT2D eigenvalue weighted by molar-refractivity contribution is 5.80. The standard InChI is InChI=1S/C13H25N3O3/c1-3-8-15(4-2)9-7-14-13(19)16(10-12(17)18)11-5-6-11/h11H,3-10H2,1-2H3,(H,14,19)(H,17,18). The highest BCUT2D eigenvalue weighted by atomic mass is 16.4. The summed E-state index contributed by atoms with van der Waals surface area (Å²) in [7, 11) is 0. The Morgan fingerprint density at radius 1 is 1.26 bits per heavy atom. The molecule has 2 N–H and O–H groups in total. The molecule has 1 rings (SSSR count). The number of amides is 2. The van der Waals surface area contributed by atoms with Gasteiger partial charge in [0.05, 0.1) is 0 Å². The fraction of sp³-hybridized carbons (Fsp3) is 0.846. The summed E-state index contributed by atoms with van der Waals surface area (Å²) in [6.45, 7) is 7.38. The molecule has 1 aliphatic carbocycles. The number of hydrogen-bond donors (Lipinski definition) is 2. The quantitative estimate of drug-likeness (QED) is 0.655. The van der Waals surface area contributed by atoms with Gasteiger partial charge in [-0.15, -0.1) is 0 Å².